The van der Waals surface area contributed by atoms with Crippen molar-refractivity contribution in [3.63, 3.8) is 0 Å². The number of aryl methyl sites for hydroxylation is 2. The minimum absolute atomic E-state index is 0.654. The van der Waals surface area contributed by atoms with Gasteiger partial charge in [-0.3, -0.25) is 0 Å². The fourth-order valence-corrected chi connectivity index (χ4v) is 2.47. The molecule has 0 aliphatic heterocycles. The van der Waals surface area contributed by atoms with Crippen molar-refractivity contribution in [2.24, 2.45) is 0 Å². The van der Waals surface area contributed by atoms with E-state index in [1.54, 1.807) is 0 Å². The van der Waals surface area contributed by atoms with E-state index in [1.807, 2.05) is 0 Å². The van der Waals surface area contributed by atoms with Crippen LogP contribution in [0.25, 0.3) is 0 Å². The van der Waals surface area contributed by atoms with E-state index in [4.69, 9.17) is 0 Å². The zero-order valence-corrected chi connectivity index (χ0v) is 13.8. The fourth-order valence-electron chi connectivity index (χ4n) is 2.47. The predicted molar refractivity (Wildman–Crippen MR) is 93.2 cm³/mol. The molecule has 0 unspecified atom stereocenters. The second-order valence-corrected chi connectivity index (χ2v) is 6.02. The number of hydrogen-bond donors (Lipinski definition) is 0. The van der Waals surface area contributed by atoms with Crippen LogP contribution in [0.15, 0.2) is 36.1 Å². The van der Waals surface area contributed by atoms with Crippen LogP contribution in [0.2, 0.25) is 0 Å². The van der Waals surface area contributed by atoms with Crippen molar-refractivity contribution in [3.8, 4) is 0 Å². The molecule has 0 atom stereocenters. The third kappa shape index (κ3) is 5.07. The van der Waals surface area contributed by atoms with Gasteiger partial charge in [0.25, 0.3) is 0 Å². The Morgan fingerprint density at radius 3 is 1.95 bits per heavy atom. The standard InChI is InChI=1S/2C9H13B/c1-7(2)9-6-10-5-4-8(9)3;1-7(2)9-8(3)5-4-6-10-9/h2*4-7H,1-3H3. The summed E-state index contributed by atoms with van der Waals surface area (Å²) in [4.78, 5) is 0. The van der Waals surface area contributed by atoms with Crippen LogP contribution in [-0.2, 0) is 0 Å². The first kappa shape index (κ1) is 16.9. The second kappa shape index (κ2) is 8.19. The molecule has 2 heterocycles. The SMILES string of the molecule is Cc1ccbcc1C(C)C.Cc1cccbc1C(C)C. The van der Waals surface area contributed by atoms with Crippen LogP contribution < -0.4 is 0 Å². The van der Waals surface area contributed by atoms with Gasteiger partial charge in [0.1, 0.15) is 0 Å². The summed E-state index contributed by atoms with van der Waals surface area (Å²) in [6.07, 6.45) is 0. The number of hydrogen-bond acceptors (Lipinski definition) is 0. The van der Waals surface area contributed by atoms with Crippen molar-refractivity contribution in [1.82, 2.24) is 0 Å². The molecule has 2 heteroatoms. The third-order valence-corrected chi connectivity index (χ3v) is 3.62. The second-order valence-electron chi connectivity index (χ2n) is 6.02. The van der Waals surface area contributed by atoms with Gasteiger partial charge >= 0.3 is 125 Å². The first-order valence-electron chi connectivity index (χ1n) is 7.54. The molecule has 20 heavy (non-hydrogen) atoms. The van der Waals surface area contributed by atoms with Crippen molar-refractivity contribution in [1.29, 1.82) is 0 Å². The Hall–Kier alpha value is -1.17. The van der Waals surface area contributed by atoms with E-state index in [-0.39, 0.29) is 0 Å². The van der Waals surface area contributed by atoms with E-state index >= 15 is 0 Å². The summed E-state index contributed by atoms with van der Waals surface area (Å²) < 4.78 is 0. The van der Waals surface area contributed by atoms with Gasteiger partial charge in [-0.2, -0.15) is 0 Å². The van der Waals surface area contributed by atoms with Crippen molar-refractivity contribution in [3.05, 3.63) is 58.2 Å². The van der Waals surface area contributed by atoms with Gasteiger partial charge in [0.15, 0.2) is 0 Å². The molecule has 2 rings (SSSR count). The molecule has 0 aliphatic carbocycles. The van der Waals surface area contributed by atoms with Crippen LogP contribution in [-0.4, -0.2) is 13.8 Å². The Morgan fingerprint density at radius 2 is 1.55 bits per heavy atom. The van der Waals surface area contributed by atoms with E-state index in [9.17, 15) is 0 Å². The summed E-state index contributed by atoms with van der Waals surface area (Å²) >= 11 is 0. The third-order valence-electron chi connectivity index (χ3n) is 3.62. The summed E-state index contributed by atoms with van der Waals surface area (Å²) in [5, 5.41) is 0. The Balaban J connectivity index is 0.000000200. The molecule has 0 saturated carbocycles. The minimum atomic E-state index is 0.654. The van der Waals surface area contributed by atoms with Crippen LogP contribution in [0.1, 0.15) is 61.7 Å². The summed E-state index contributed by atoms with van der Waals surface area (Å²) in [5.41, 5.74) is 5.72. The molecule has 0 saturated heterocycles. The summed E-state index contributed by atoms with van der Waals surface area (Å²) in [6, 6.07) is 6.41. The van der Waals surface area contributed by atoms with Gasteiger partial charge in [-0.25, -0.2) is 0 Å². The molecule has 0 radical (unpaired) electrons. The molecular weight excluding hydrogens is 238 g/mol. The summed E-state index contributed by atoms with van der Waals surface area (Å²) in [7, 11) is 0. The van der Waals surface area contributed by atoms with Gasteiger partial charge < -0.3 is 0 Å². The Bertz CT molecular complexity index is 481. The van der Waals surface area contributed by atoms with Crippen LogP contribution in [0.4, 0.5) is 0 Å². The van der Waals surface area contributed by atoms with E-state index < -0.39 is 0 Å². The van der Waals surface area contributed by atoms with Gasteiger partial charge in [-0.05, 0) is 0 Å². The quantitative estimate of drug-likeness (QED) is 0.722. The average molecular weight is 264 g/mol. The zero-order valence-electron chi connectivity index (χ0n) is 13.8. The Labute approximate surface area is 126 Å². The van der Waals surface area contributed by atoms with Gasteiger partial charge in [0.2, 0.25) is 0 Å². The van der Waals surface area contributed by atoms with Gasteiger partial charge in [0, 0.05) is 0 Å². The fraction of sp³-hybridized carbons (Fsp3) is 0.444. The van der Waals surface area contributed by atoms with Crippen LogP contribution >= 0.6 is 0 Å². The Kier molecular flexibility index (Phi) is 6.91. The van der Waals surface area contributed by atoms with Crippen molar-refractivity contribution < 1.29 is 0 Å². The van der Waals surface area contributed by atoms with E-state index in [0.717, 1.165) is 0 Å². The first-order chi connectivity index (χ1) is 9.43. The van der Waals surface area contributed by atoms with Crippen molar-refractivity contribution >= 4 is 13.8 Å². The molecule has 0 aromatic carbocycles. The van der Waals surface area contributed by atoms with E-state index in [1.165, 1.54) is 22.1 Å². The maximum atomic E-state index is 2.22. The molecule has 0 fully saturated rings. The topological polar surface area (TPSA) is 0 Å². The molecule has 2 aromatic rings. The maximum absolute atomic E-state index is 2.22. The molecular formula is C18H26B2. The summed E-state index contributed by atoms with van der Waals surface area (Å²) in [6.45, 7) is 17.5. The van der Waals surface area contributed by atoms with Gasteiger partial charge in [0.05, 0.1) is 0 Å². The van der Waals surface area contributed by atoms with E-state index in [0.29, 0.717) is 11.8 Å². The van der Waals surface area contributed by atoms with Crippen molar-refractivity contribution in [2.45, 2.75) is 53.4 Å². The zero-order chi connectivity index (χ0) is 15.1. The van der Waals surface area contributed by atoms with Gasteiger partial charge in [-0.15, -0.1) is 0 Å². The predicted octanol–water partition coefficient (Wildman–Crippen LogP) is 4.91. The average Bonchev–Trinajstić information content (AvgIpc) is 2.40. The van der Waals surface area contributed by atoms with Crippen LogP contribution in [0.3, 0.4) is 0 Å². The van der Waals surface area contributed by atoms with Gasteiger partial charge in [-0.1, -0.05) is 0 Å². The normalized spacial score (nSPS) is 10.0. The van der Waals surface area contributed by atoms with Crippen molar-refractivity contribution in [2.75, 3.05) is 0 Å². The number of rotatable bonds is 2. The molecule has 2 aromatic heterocycles. The molecule has 0 amide bonds. The molecule has 104 valence electrons. The van der Waals surface area contributed by atoms with Crippen LogP contribution in [0.5, 0.6) is 0 Å². The van der Waals surface area contributed by atoms with Crippen LogP contribution in [0, 0.1) is 13.8 Å². The molecule has 0 spiro atoms. The van der Waals surface area contributed by atoms with E-state index in [2.05, 4.69) is 91.4 Å². The monoisotopic (exact) mass is 264 g/mol. The summed E-state index contributed by atoms with van der Waals surface area (Å²) in [5.74, 6) is 7.69. The first-order valence-corrected chi connectivity index (χ1v) is 7.54. The molecule has 0 bridgehead atoms. The Morgan fingerprint density at radius 1 is 0.850 bits per heavy atom. The molecule has 0 N–H and O–H groups in total. The molecule has 0 nitrogen and oxygen atoms in total. The molecule has 0 aliphatic rings.